The number of aryl methyl sites for hydroxylation is 1. The van der Waals surface area contributed by atoms with Crippen molar-refractivity contribution < 1.29 is 11.3 Å². The van der Waals surface area contributed by atoms with Gasteiger partial charge in [0.2, 0.25) is 0 Å². The van der Waals surface area contributed by atoms with Crippen LogP contribution < -0.4 is 0 Å². The first kappa shape index (κ1) is 19.0. The maximum absolute atomic E-state index is 4.59. The molecule has 0 unspecified atom stereocenters. The number of para-hydroxylation sites is 1. The molecular formula is C18H15Br2FeN3. The monoisotopic (exact) mass is 487 g/mol. The van der Waals surface area contributed by atoms with Crippen LogP contribution in [0.25, 0.3) is 11.4 Å². The minimum atomic E-state index is 0.819. The number of nitrogens with zero attached hydrogens (tertiary/aromatic N) is 3. The Balaban J connectivity index is 0.000000647. The summed E-state index contributed by atoms with van der Waals surface area (Å²) < 4.78 is 0. The van der Waals surface area contributed by atoms with Crippen LogP contribution in [0.15, 0.2) is 71.7 Å². The third kappa shape index (κ3) is 6.29. The molecule has 24 heavy (non-hydrogen) atoms. The van der Waals surface area contributed by atoms with Crippen molar-refractivity contribution in [2.75, 3.05) is 0 Å². The average Bonchev–Trinajstić information content (AvgIpc) is 2.62. The summed E-state index contributed by atoms with van der Waals surface area (Å²) in [6.07, 6.45) is 1.77. The Morgan fingerprint density at radius 2 is 1.46 bits per heavy atom. The van der Waals surface area contributed by atoms with Gasteiger partial charge < -0.3 is 0 Å². The third-order valence-corrected chi connectivity index (χ3v) is 3.02. The van der Waals surface area contributed by atoms with E-state index in [1.165, 1.54) is 0 Å². The van der Waals surface area contributed by atoms with Gasteiger partial charge >= 0.3 is 39.6 Å². The summed E-state index contributed by atoms with van der Waals surface area (Å²) in [4.78, 5) is 13.5. The fraction of sp³-hybridized carbons (Fsp3) is 0.0556. The second kappa shape index (κ2) is 10.5. The van der Waals surface area contributed by atoms with Crippen LogP contribution in [0.2, 0.25) is 0 Å². The van der Waals surface area contributed by atoms with Gasteiger partial charge in [0.1, 0.15) is 0 Å². The van der Waals surface area contributed by atoms with E-state index in [4.69, 9.17) is 0 Å². The van der Waals surface area contributed by atoms with Crippen LogP contribution in [0.4, 0.5) is 5.69 Å². The summed E-state index contributed by atoms with van der Waals surface area (Å²) in [5.41, 5.74) is 4.45. The standard InChI is InChI=1S/C18H15N3.2BrH.Fe/c1-14-7-5-11-17(20-14)18-12-6-10-16(21-18)13-19-15-8-3-2-4-9-15;;;/h2-13H,1H3;2*1H;/q;;;+2/p-2. The van der Waals surface area contributed by atoms with Gasteiger partial charge in [-0.05, 0) is 43.3 Å². The van der Waals surface area contributed by atoms with Crippen LogP contribution in [-0.4, -0.2) is 16.2 Å². The molecule has 2 aromatic heterocycles. The van der Waals surface area contributed by atoms with E-state index in [9.17, 15) is 0 Å². The molecule has 0 saturated carbocycles. The minimum absolute atomic E-state index is 0.819. The summed E-state index contributed by atoms with van der Waals surface area (Å²) in [5, 5.41) is 0. The molecule has 3 rings (SSSR count). The Bertz CT molecular complexity index is 795. The number of halogens is 2. The van der Waals surface area contributed by atoms with Crippen molar-refractivity contribution >= 4 is 40.1 Å². The zero-order valence-electron chi connectivity index (χ0n) is 12.9. The van der Waals surface area contributed by atoms with E-state index in [-0.39, 0.29) is 0 Å². The molecule has 0 bridgehead atoms. The van der Waals surface area contributed by atoms with Crippen LogP contribution in [0.3, 0.4) is 0 Å². The van der Waals surface area contributed by atoms with Crippen LogP contribution >= 0.6 is 28.2 Å². The van der Waals surface area contributed by atoms with Crippen molar-refractivity contribution in [2.45, 2.75) is 6.92 Å². The third-order valence-electron chi connectivity index (χ3n) is 3.02. The van der Waals surface area contributed by atoms with Crippen molar-refractivity contribution in [3.05, 3.63) is 78.1 Å². The topological polar surface area (TPSA) is 38.1 Å². The Morgan fingerprint density at radius 1 is 0.833 bits per heavy atom. The van der Waals surface area contributed by atoms with E-state index in [1.807, 2.05) is 73.7 Å². The number of benzene rings is 1. The molecular weight excluding hydrogens is 474 g/mol. The second-order valence-electron chi connectivity index (χ2n) is 4.76. The van der Waals surface area contributed by atoms with Crippen LogP contribution in [0.5, 0.6) is 0 Å². The first-order chi connectivity index (χ1) is 11.7. The summed E-state index contributed by atoms with van der Waals surface area (Å²) in [5.74, 6) is 0. The first-order valence-electron chi connectivity index (χ1n) is 7.08. The van der Waals surface area contributed by atoms with Crippen molar-refractivity contribution in [3.8, 4) is 11.4 Å². The summed E-state index contributed by atoms with van der Waals surface area (Å²) in [6.45, 7) is 1.98. The molecule has 124 valence electrons. The predicted octanol–water partition coefficient (Wildman–Crippen LogP) is 5.89. The predicted molar refractivity (Wildman–Crippen MR) is 104 cm³/mol. The molecule has 6 heteroatoms. The molecule has 2 heterocycles. The fourth-order valence-corrected chi connectivity index (χ4v) is 2.01. The van der Waals surface area contributed by atoms with Gasteiger partial charge in [-0.1, -0.05) is 30.3 Å². The van der Waals surface area contributed by atoms with E-state index in [0.29, 0.717) is 0 Å². The Labute approximate surface area is 162 Å². The molecule has 0 N–H and O–H groups in total. The Kier molecular flexibility index (Phi) is 8.33. The van der Waals surface area contributed by atoms with E-state index in [2.05, 4.69) is 43.2 Å². The first-order valence-corrected chi connectivity index (χ1v) is 12.5. The molecule has 0 amide bonds. The number of pyridine rings is 2. The fourth-order valence-electron chi connectivity index (χ4n) is 2.01. The van der Waals surface area contributed by atoms with E-state index < -0.39 is 0 Å². The van der Waals surface area contributed by atoms with Crippen LogP contribution in [0, 0.1) is 6.92 Å². The number of rotatable bonds is 3. The molecule has 3 aromatic rings. The quantitative estimate of drug-likeness (QED) is 0.340. The van der Waals surface area contributed by atoms with Crippen molar-refractivity contribution in [1.82, 2.24) is 9.97 Å². The molecule has 3 nitrogen and oxygen atoms in total. The SMILES string of the molecule is Cc1cccc(-c2cccc(C=Nc3ccccc3)n2)n1.[Br][Fe][Br]. The molecule has 0 aliphatic rings. The molecule has 1 aromatic carbocycles. The van der Waals surface area contributed by atoms with Crippen molar-refractivity contribution in [1.29, 1.82) is 0 Å². The molecule has 0 fully saturated rings. The number of hydrogen-bond acceptors (Lipinski definition) is 3. The van der Waals surface area contributed by atoms with E-state index >= 15 is 0 Å². The summed E-state index contributed by atoms with van der Waals surface area (Å²) in [6, 6.07) is 21.6. The van der Waals surface area contributed by atoms with Crippen molar-refractivity contribution in [2.24, 2.45) is 4.99 Å². The molecule has 0 saturated heterocycles. The number of aromatic nitrogens is 2. The van der Waals surface area contributed by atoms with Crippen LogP contribution in [-0.2, 0) is 11.3 Å². The van der Waals surface area contributed by atoms with Gasteiger partial charge in [-0.15, -0.1) is 0 Å². The number of hydrogen-bond donors (Lipinski definition) is 0. The summed E-state index contributed by atoms with van der Waals surface area (Å²) in [7, 11) is 0. The normalized spacial score (nSPS) is 10.5. The Morgan fingerprint density at radius 3 is 2.12 bits per heavy atom. The molecule has 0 aliphatic heterocycles. The maximum atomic E-state index is 4.59. The molecule has 0 spiro atoms. The van der Waals surface area contributed by atoms with Gasteiger partial charge in [0.25, 0.3) is 0 Å². The van der Waals surface area contributed by atoms with Gasteiger partial charge in [-0.2, -0.15) is 0 Å². The zero-order chi connectivity index (χ0) is 17.2. The number of aliphatic imine (C=N–C) groups is 1. The zero-order valence-corrected chi connectivity index (χ0v) is 17.2. The average molecular weight is 489 g/mol. The van der Waals surface area contributed by atoms with Crippen LogP contribution in [0.1, 0.15) is 11.4 Å². The Hall–Kier alpha value is -1.33. The molecule has 0 aliphatic carbocycles. The molecule has 0 atom stereocenters. The summed E-state index contributed by atoms with van der Waals surface area (Å²) >= 11 is 7.00. The van der Waals surface area contributed by atoms with Gasteiger partial charge in [-0.3, -0.25) is 9.98 Å². The van der Waals surface area contributed by atoms with Gasteiger partial charge in [0.15, 0.2) is 0 Å². The van der Waals surface area contributed by atoms with Gasteiger partial charge in [0, 0.05) is 5.69 Å². The molecule has 0 radical (unpaired) electrons. The second-order valence-corrected chi connectivity index (χ2v) is 10.3. The van der Waals surface area contributed by atoms with E-state index in [1.54, 1.807) is 6.21 Å². The van der Waals surface area contributed by atoms with E-state index in [0.717, 1.165) is 39.8 Å². The van der Waals surface area contributed by atoms with Gasteiger partial charge in [0.05, 0.1) is 29.0 Å². The van der Waals surface area contributed by atoms with Crippen molar-refractivity contribution in [3.63, 3.8) is 0 Å². The van der Waals surface area contributed by atoms with Gasteiger partial charge in [-0.25, -0.2) is 4.98 Å².